The van der Waals surface area contributed by atoms with Gasteiger partial charge in [-0.3, -0.25) is 14.7 Å². The van der Waals surface area contributed by atoms with Gasteiger partial charge in [0.25, 0.3) is 15.8 Å². The van der Waals surface area contributed by atoms with E-state index in [1.54, 1.807) is 30.3 Å². The molecule has 7 heteroatoms. The van der Waals surface area contributed by atoms with Crippen molar-refractivity contribution in [2.75, 3.05) is 0 Å². The third-order valence-corrected chi connectivity index (χ3v) is 3.46. The Labute approximate surface area is 123 Å². The fourth-order valence-electron chi connectivity index (χ4n) is 1.45. The van der Waals surface area contributed by atoms with E-state index in [1.807, 2.05) is 6.92 Å². The number of rotatable bonds is 3. The molecule has 6 nitrogen and oxygen atoms in total. The Kier molecular flexibility index (Phi) is 6.01. The van der Waals surface area contributed by atoms with Crippen molar-refractivity contribution in [1.82, 2.24) is 0 Å². The SMILES string of the molecule is CCc1ccc(S(=O)(=O)O)cc1.O=[N+]([O-])c1ccccc1. The van der Waals surface area contributed by atoms with Crippen LogP contribution in [0.5, 0.6) is 0 Å². The second-order valence-corrected chi connectivity index (χ2v) is 5.49. The van der Waals surface area contributed by atoms with Crippen molar-refractivity contribution < 1.29 is 17.9 Å². The van der Waals surface area contributed by atoms with Gasteiger partial charge in [-0.15, -0.1) is 0 Å². The molecule has 112 valence electrons. The number of hydrogen-bond acceptors (Lipinski definition) is 4. The maximum Gasteiger partial charge on any atom is 0.294 e. The van der Waals surface area contributed by atoms with Crippen molar-refractivity contribution in [3.8, 4) is 0 Å². The first-order valence-electron chi connectivity index (χ1n) is 6.10. The summed E-state index contributed by atoms with van der Waals surface area (Å²) < 4.78 is 29.8. The number of nitro benzene ring substituents is 1. The minimum absolute atomic E-state index is 0.0558. The van der Waals surface area contributed by atoms with Crippen LogP contribution in [0.4, 0.5) is 5.69 Å². The Bertz CT molecular complexity index is 681. The van der Waals surface area contributed by atoms with Gasteiger partial charge in [0.2, 0.25) is 0 Å². The zero-order valence-electron chi connectivity index (χ0n) is 11.3. The molecule has 21 heavy (non-hydrogen) atoms. The number of non-ortho nitro benzene ring substituents is 1. The van der Waals surface area contributed by atoms with Crippen molar-refractivity contribution in [2.24, 2.45) is 0 Å². The molecule has 0 heterocycles. The van der Waals surface area contributed by atoms with Gasteiger partial charge in [0.05, 0.1) is 9.82 Å². The Hall–Kier alpha value is -2.25. The van der Waals surface area contributed by atoms with Crippen LogP contribution in [0.1, 0.15) is 12.5 Å². The Balaban J connectivity index is 0.000000219. The normalized spacial score (nSPS) is 10.4. The molecule has 2 aromatic carbocycles. The Morgan fingerprint density at radius 2 is 1.57 bits per heavy atom. The third kappa shape index (κ3) is 5.72. The smallest absolute Gasteiger partial charge is 0.282 e. The average Bonchev–Trinajstić information content (AvgIpc) is 2.48. The molecule has 0 atom stereocenters. The number of hydrogen-bond donors (Lipinski definition) is 1. The Morgan fingerprint density at radius 1 is 1.05 bits per heavy atom. The lowest BCUT2D eigenvalue weighted by molar-refractivity contribution is -0.384. The topological polar surface area (TPSA) is 97.5 Å². The summed E-state index contributed by atoms with van der Waals surface area (Å²) in [6.45, 7) is 1.97. The van der Waals surface area contributed by atoms with Crippen LogP contribution in [0.25, 0.3) is 0 Å². The molecular weight excluding hydrogens is 294 g/mol. The summed E-state index contributed by atoms with van der Waals surface area (Å²) in [5.41, 5.74) is 1.18. The van der Waals surface area contributed by atoms with Crippen molar-refractivity contribution >= 4 is 15.8 Å². The van der Waals surface area contributed by atoms with E-state index in [4.69, 9.17) is 4.55 Å². The summed E-state index contributed by atoms with van der Waals surface area (Å²) in [4.78, 5) is 9.53. The third-order valence-electron chi connectivity index (χ3n) is 2.60. The molecule has 0 aromatic heterocycles. The van der Waals surface area contributed by atoms with E-state index in [-0.39, 0.29) is 10.6 Å². The van der Waals surface area contributed by atoms with E-state index in [2.05, 4.69) is 0 Å². The lowest BCUT2D eigenvalue weighted by Gasteiger charge is -1.97. The van der Waals surface area contributed by atoms with Crippen molar-refractivity contribution in [1.29, 1.82) is 0 Å². The van der Waals surface area contributed by atoms with E-state index in [1.165, 1.54) is 24.3 Å². The molecule has 2 aromatic rings. The van der Waals surface area contributed by atoms with E-state index >= 15 is 0 Å². The predicted molar refractivity (Wildman–Crippen MR) is 78.7 cm³/mol. The first-order valence-corrected chi connectivity index (χ1v) is 7.54. The average molecular weight is 309 g/mol. The molecule has 0 fully saturated rings. The van der Waals surface area contributed by atoms with Crippen LogP contribution >= 0.6 is 0 Å². The zero-order chi connectivity index (χ0) is 15.9. The molecule has 0 aliphatic carbocycles. The number of aryl methyl sites for hydroxylation is 1. The van der Waals surface area contributed by atoms with E-state index in [9.17, 15) is 18.5 Å². The van der Waals surface area contributed by atoms with Crippen LogP contribution in [-0.2, 0) is 16.5 Å². The molecule has 0 aliphatic rings. The summed E-state index contributed by atoms with van der Waals surface area (Å²) in [5.74, 6) is 0. The van der Waals surface area contributed by atoms with Crippen molar-refractivity contribution in [3.63, 3.8) is 0 Å². The summed E-state index contributed by atoms with van der Waals surface area (Å²) >= 11 is 0. The first kappa shape index (κ1) is 16.8. The van der Waals surface area contributed by atoms with Gasteiger partial charge in [0, 0.05) is 12.1 Å². The molecule has 2 rings (SSSR count). The van der Waals surface area contributed by atoms with Crippen molar-refractivity contribution in [2.45, 2.75) is 18.2 Å². The van der Waals surface area contributed by atoms with E-state index in [0.29, 0.717) is 0 Å². The molecule has 0 amide bonds. The van der Waals surface area contributed by atoms with Gasteiger partial charge in [0.15, 0.2) is 0 Å². The standard InChI is InChI=1S/C8H10O3S.C6H5NO2/c1-2-7-3-5-8(6-4-7)12(9,10)11;8-7(9)6-4-2-1-3-5-6/h3-6H,2H2,1H3,(H,9,10,11);1-5H. The maximum atomic E-state index is 10.6. The summed E-state index contributed by atoms with van der Waals surface area (Å²) in [6, 6.07) is 14.1. The minimum Gasteiger partial charge on any atom is -0.282 e. The summed E-state index contributed by atoms with van der Waals surface area (Å²) in [5, 5.41) is 10.0. The quantitative estimate of drug-likeness (QED) is 0.534. The van der Waals surface area contributed by atoms with Crippen LogP contribution in [-0.4, -0.2) is 17.9 Å². The van der Waals surface area contributed by atoms with Gasteiger partial charge in [-0.2, -0.15) is 8.42 Å². The second kappa shape index (κ2) is 7.51. The van der Waals surface area contributed by atoms with Crippen LogP contribution < -0.4 is 0 Å². The molecule has 0 bridgehead atoms. The zero-order valence-corrected chi connectivity index (χ0v) is 12.2. The predicted octanol–water partition coefficient (Wildman–Crippen LogP) is 3.09. The highest BCUT2D eigenvalue weighted by Gasteiger charge is 2.07. The van der Waals surface area contributed by atoms with Crippen LogP contribution in [0, 0.1) is 10.1 Å². The molecule has 0 aliphatic heterocycles. The lowest BCUT2D eigenvalue weighted by atomic mass is 10.2. The number of nitro groups is 1. The van der Waals surface area contributed by atoms with Gasteiger partial charge >= 0.3 is 0 Å². The van der Waals surface area contributed by atoms with Gasteiger partial charge in [-0.1, -0.05) is 37.3 Å². The highest BCUT2D eigenvalue weighted by atomic mass is 32.2. The summed E-state index contributed by atoms with van der Waals surface area (Å²) in [7, 11) is -4.03. The van der Waals surface area contributed by atoms with Gasteiger partial charge in [-0.25, -0.2) is 0 Å². The van der Waals surface area contributed by atoms with Crippen molar-refractivity contribution in [3.05, 3.63) is 70.3 Å². The molecular formula is C14H15NO5S. The number of benzene rings is 2. The molecule has 0 saturated carbocycles. The molecule has 1 N–H and O–H groups in total. The van der Waals surface area contributed by atoms with Crippen LogP contribution in [0.15, 0.2) is 59.5 Å². The molecule has 0 unspecified atom stereocenters. The lowest BCUT2D eigenvalue weighted by Crippen LogP contribution is -1.97. The molecule has 0 saturated heterocycles. The molecule has 0 radical (unpaired) electrons. The van der Waals surface area contributed by atoms with Crippen LogP contribution in [0.2, 0.25) is 0 Å². The highest BCUT2D eigenvalue weighted by molar-refractivity contribution is 7.85. The van der Waals surface area contributed by atoms with Gasteiger partial charge in [0.1, 0.15) is 0 Å². The van der Waals surface area contributed by atoms with Gasteiger partial charge < -0.3 is 0 Å². The monoisotopic (exact) mass is 309 g/mol. The largest absolute Gasteiger partial charge is 0.294 e. The van der Waals surface area contributed by atoms with E-state index in [0.717, 1.165) is 12.0 Å². The van der Waals surface area contributed by atoms with Gasteiger partial charge in [-0.05, 0) is 24.1 Å². The maximum absolute atomic E-state index is 10.6. The molecule has 0 spiro atoms. The Morgan fingerprint density at radius 3 is 1.90 bits per heavy atom. The first-order chi connectivity index (χ1) is 9.84. The second-order valence-electron chi connectivity index (χ2n) is 4.07. The van der Waals surface area contributed by atoms with E-state index < -0.39 is 15.0 Å². The fourth-order valence-corrected chi connectivity index (χ4v) is 1.93. The van der Waals surface area contributed by atoms with Crippen LogP contribution in [0.3, 0.4) is 0 Å². The highest BCUT2D eigenvalue weighted by Crippen LogP contribution is 2.10. The fraction of sp³-hybridized carbons (Fsp3) is 0.143. The summed E-state index contributed by atoms with van der Waals surface area (Å²) in [6.07, 6.45) is 0.853. The minimum atomic E-state index is -4.03. The number of para-hydroxylation sites is 1. The number of nitrogens with zero attached hydrogens (tertiary/aromatic N) is 1.